The highest BCUT2D eigenvalue weighted by molar-refractivity contribution is 5.69. The van der Waals surface area contributed by atoms with Crippen molar-refractivity contribution in [2.45, 2.75) is 356 Å². The molecule has 5 aliphatic heterocycles. The quantitative estimate of drug-likeness (QED) is 0.0321. The number of rotatable bonds is 35. The summed E-state index contributed by atoms with van der Waals surface area (Å²) in [5.41, 5.74) is 0. The molecule has 24 heteroatoms. The van der Waals surface area contributed by atoms with Gasteiger partial charge < -0.3 is 108 Å². The zero-order valence-corrected chi connectivity index (χ0v) is 50.5. The topological polar surface area (TPSA) is 347 Å². The van der Waals surface area contributed by atoms with E-state index in [1.807, 2.05) is 0 Å². The SMILES string of the molecule is CCCCCCCCCCCC(=O)O[C@H]1[C@H](O[C@@H]2[C@H](O)[C@@H](O)[C@H](O[C@H]3[C@H](O[C@@H](CCCCC)CCCCCCCCCC(=O)OC)O[C@H](C)[C@H](O)[C@@H]3O)O[C@H]2C)O[C@@H](C)[C@H](O[C@@H]2O[C@@H](C)[C@H](O)[C@@H](O)[C@H]2O)[C@H]1O[C@@H]1O[C@@H](C)[C@H](O)[C@@H](O)[C@H]1O. The molecule has 0 amide bonds. The second-order valence-electron chi connectivity index (χ2n) is 23.7. The molecule has 0 aliphatic carbocycles. The number of aliphatic hydroxyl groups is 10. The summed E-state index contributed by atoms with van der Waals surface area (Å²) in [6.07, 6.45) is -18.3. The second kappa shape index (κ2) is 36.6. The molecule has 26 atom stereocenters. The van der Waals surface area contributed by atoms with Gasteiger partial charge in [0, 0.05) is 12.8 Å². The number of carbonyl (C=O) groups excluding carboxylic acids is 2. The number of unbranched alkanes of at least 4 members (excludes halogenated alkanes) is 16. The zero-order valence-electron chi connectivity index (χ0n) is 50.5. The third-order valence-electron chi connectivity index (χ3n) is 16.9. The van der Waals surface area contributed by atoms with Gasteiger partial charge in [-0.2, -0.15) is 0 Å². The lowest BCUT2D eigenvalue weighted by Crippen LogP contribution is -2.68. The lowest BCUT2D eigenvalue weighted by atomic mass is 9.95. The van der Waals surface area contributed by atoms with Crippen molar-refractivity contribution >= 4 is 11.9 Å². The first-order valence-electron chi connectivity index (χ1n) is 31.2. The molecule has 0 aromatic heterocycles. The molecule has 5 fully saturated rings. The van der Waals surface area contributed by atoms with E-state index in [4.69, 9.17) is 56.8 Å². The highest BCUT2D eigenvalue weighted by Gasteiger charge is 2.57. The number of hydrogen-bond donors (Lipinski definition) is 10. The van der Waals surface area contributed by atoms with Crippen LogP contribution in [-0.2, 0) is 66.4 Å². The third-order valence-corrected chi connectivity index (χ3v) is 16.9. The fourth-order valence-corrected chi connectivity index (χ4v) is 11.5. The van der Waals surface area contributed by atoms with Gasteiger partial charge in [0.15, 0.2) is 37.6 Å². The zero-order chi connectivity index (χ0) is 60.9. The van der Waals surface area contributed by atoms with Crippen LogP contribution in [0.3, 0.4) is 0 Å². The second-order valence-corrected chi connectivity index (χ2v) is 23.7. The molecule has 0 spiro atoms. The van der Waals surface area contributed by atoms with Crippen molar-refractivity contribution in [2.75, 3.05) is 7.11 Å². The van der Waals surface area contributed by atoms with Gasteiger partial charge in [0.1, 0.15) is 85.5 Å². The van der Waals surface area contributed by atoms with Crippen LogP contribution >= 0.6 is 0 Å². The Balaban J connectivity index is 1.35. The van der Waals surface area contributed by atoms with Crippen LogP contribution in [-0.4, -0.2) is 230 Å². The minimum Gasteiger partial charge on any atom is -0.469 e. The summed E-state index contributed by atoms with van der Waals surface area (Å²) < 4.78 is 73.5. The number of hydrogen-bond acceptors (Lipinski definition) is 24. The van der Waals surface area contributed by atoms with Crippen LogP contribution in [0.25, 0.3) is 0 Å². The molecule has 5 aliphatic rings. The van der Waals surface area contributed by atoms with E-state index in [-0.39, 0.29) is 18.5 Å². The minimum absolute atomic E-state index is 0.0665. The van der Waals surface area contributed by atoms with E-state index in [1.54, 1.807) is 6.92 Å². The Labute approximate surface area is 491 Å². The van der Waals surface area contributed by atoms with Gasteiger partial charge in [-0.15, -0.1) is 0 Å². The first-order chi connectivity index (χ1) is 39.6. The number of esters is 2. The van der Waals surface area contributed by atoms with E-state index in [1.165, 1.54) is 47.6 Å². The number of aliphatic hydroxyl groups excluding tert-OH is 10. The van der Waals surface area contributed by atoms with E-state index in [0.29, 0.717) is 25.7 Å². The molecule has 0 radical (unpaired) electrons. The predicted octanol–water partition coefficient (Wildman–Crippen LogP) is 3.34. The first kappa shape index (κ1) is 71.9. The lowest BCUT2D eigenvalue weighted by molar-refractivity contribution is -0.399. The molecule has 24 nitrogen and oxygen atoms in total. The summed E-state index contributed by atoms with van der Waals surface area (Å²) in [5.74, 6) is -0.936. The maximum Gasteiger partial charge on any atom is 0.306 e. The van der Waals surface area contributed by atoms with Crippen molar-refractivity contribution in [3.63, 3.8) is 0 Å². The van der Waals surface area contributed by atoms with Crippen molar-refractivity contribution in [3.8, 4) is 0 Å². The van der Waals surface area contributed by atoms with Crippen LogP contribution in [0.4, 0.5) is 0 Å². The average molecular weight is 1200 g/mol. The van der Waals surface area contributed by atoms with Crippen molar-refractivity contribution in [1.29, 1.82) is 0 Å². The van der Waals surface area contributed by atoms with E-state index in [9.17, 15) is 60.7 Å². The molecule has 5 heterocycles. The number of methoxy groups -OCH3 is 1. The highest BCUT2D eigenvalue weighted by atomic mass is 16.8. The Hall–Kier alpha value is -1.86. The van der Waals surface area contributed by atoms with Crippen LogP contribution < -0.4 is 0 Å². The van der Waals surface area contributed by atoms with Gasteiger partial charge in [0.2, 0.25) is 0 Å². The van der Waals surface area contributed by atoms with Gasteiger partial charge in [-0.1, -0.05) is 123 Å². The Morgan fingerprint density at radius 1 is 0.349 bits per heavy atom. The Morgan fingerprint density at radius 2 is 0.699 bits per heavy atom. The van der Waals surface area contributed by atoms with Crippen LogP contribution in [0.5, 0.6) is 0 Å². The largest absolute Gasteiger partial charge is 0.469 e. The number of carbonyl (C=O) groups is 2. The maximum absolute atomic E-state index is 14.0. The fourth-order valence-electron chi connectivity index (χ4n) is 11.5. The highest BCUT2D eigenvalue weighted by Crippen LogP contribution is 2.38. The maximum atomic E-state index is 14.0. The molecule has 0 unspecified atom stereocenters. The molecule has 10 N–H and O–H groups in total. The summed E-state index contributed by atoms with van der Waals surface area (Å²) in [6, 6.07) is 0. The fraction of sp³-hybridized carbons (Fsp3) is 0.966. The van der Waals surface area contributed by atoms with Gasteiger partial charge in [0.05, 0.1) is 43.7 Å². The molecule has 5 rings (SSSR count). The van der Waals surface area contributed by atoms with Crippen molar-refractivity contribution in [1.82, 2.24) is 0 Å². The molecular formula is C59H106O24. The molecule has 486 valence electrons. The van der Waals surface area contributed by atoms with E-state index in [2.05, 4.69) is 13.8 Å². The summed E-state index contributed by atoms with van der Waals surface area (Å²) in [5, 5.41) is 112. The van der Waals surface area contributed by atoms with Crippen molar-refractivity contribution < 1.29 is 117 Å². The predicted molar refractivity (Wildman–Crippen MR) is 296 cm³/mol. The van der Waals surface area contributed by atoms with Gasteiger partial charge in [0.25, 0.3) is 0 Å². The molecule has 0 bridgehead atoms. The average Bonchev–Trinajstić information content (AvgIpc) is 2.85. The van der Waals surface area contributed by atoms with Gasteiger partial charge in [-0.3, -0.25) is 9.59 Å². The van der Waals surface area contributed by atoms with E-state index >= 15 is 0 Å². The molecular weight excluding hydrogens is 1090 g/mol. The molecule has 5 saturated heterocycles. The molecule has 0 aromatic carbocycles. The first-order valence-corrected chi connectivity index (χ1v) is 31.2. The van der Waals surface area contributed by atoms with Crippen molar-refractivity contribution in [2.24, 2.45) is 0 Å². The molecule has 83 heavy (non-hydrogen) atoms. The van der Waals surface area contributed by atoms with E-state index in [0.717, 1.165) is 103 Å². The van der Waals surface area contributed by atoms with Crippen LogP contribution in [0, 0.1) is 0 Å². The summed E-state index contributed by atoms with van der Waals surface area (Å²) in [7, 11) is 1.39. The summed E-state index contributed by atoms with van der Waals surface area (Å²) >= 11 is 0. The molecule has 0 saturated carbocycles. The summed E-state index contributed by atoms with van der Waals surface area (Å²) in [6.45, 7) is 11.8. The van der Waals surface area contributed by atoms with Crippen LogP contribution in [0.1, 0.15) is 196 Å². The third kappa shape index (κ3) is 21.1. The van der Waals surface area contributed by atoms with Crippen molar-refractivity contribution in [3.05, 3.63) is 0 Å². The number of ether oxygens (including phenoxy) is 12. The van der Waals surface area contributed by atoms with Gasteiger partial charge in [-0.05, 0) is 60.3 Å². The minimum atomic E-state index is -1.90. The lowest BCUT2D eigenvalue weighted by Gasteiger charge is -2.51. The van der Waals surface area contributed by atoms with Gasteiger partial charge >= 0.3 is 11.9 Å². The summed E-state index contributed by atoms with van der Waals surface area (Å²) in [4.78, 5) is 25.5. The van der Waals surface area contributed by atoms with Gasteiger partial charge in [-0.25, -0.2) is 0 Å². The van der Waals surface area contributed by atoms with Crippen LogP contribution in [0.2, 0.25) is 0 Å². The molecule has 0 aromatic rings. The Kier molecular flexibility index (Phi) is 31.7. The monoisotopic (exact) mass is 1200 g/mol. The van der Waals surface area contributed by atoms with E-state index < -0.39 is 159 Å². The Bertz CT molecular complexity index is 1810. The normalized spacial score (nSPS) is 40.0. The Morgan fingerprint density at radius 3 is 1.22 bits per heavy atom. The smallest absolute Gasteiger partial charge is 0.306 e. The standard InChI is InChI=1S/C59H106O24/c1-9-11-13-14-15-16-19-23-27-31-39(61)79-54-53(83-56-48(70)44(66)41(63)33(4)74-56)51(81-55-47(69)43(65)40(62)32(3)73-55)36(7)77-59(54)80-50-35(6)76-57(49(71)46(50)68)82-52-45(67)42(64)34(5)75-58(52)78-37(28-24-12-10-2)29-25-21-18-17-20-22-26-30-38(60)72-8/h32-37,40-59,62-71H,9-31H2,1-8H3/t32-,33-,34+,35-,36-,37-,40-,41-,42-,43+,44+,45-,46+,47+,48+,49+,50-,51-,52+,53+,54+,55-,56-,57-,58-,59-/m0/s1. The van der Waals surface area contributed by atoms with Crippen LogP contribution in [0.15, 0.2) is 0 Å².